The molecule has 2 N–H and O–H groups in total. The number of nitrogens with two attached hydrogens (primary N) is 1. The zero-order valence-corrected chi connectivity index (χ0v) is 11.8. The molecule has 106 valence electrons. The number of rotatable bonds is 4. The summed E-state index contributed by atoms with van der Waals surface area (Å²) < 4.78 is 24.2. The normalized spacial score (nSPS) is 12.1. The molecule has 2 rings (SSSR count). The van der Waals surface area contributed by atoms with Crippen LogP contribution >= 0.6 is 0 Å². The average Bonchev–Trinajstić information content (AvgIpc) is 2.46. The first-order valence-corrected chi connectivity index (χ1v) is 6.30. The van der Waals surface area contributed by atoms with Crippen molar-refractivity contribution in [2.24, 2.45) is 5.73 Å². The van der Waals surface area contributed by atoms with Gasteiger partial charge in [0.1, 0.15) is 17.3 Å². The lowest BCUT2D eigenvalue weighted by Gasteiger charge is -2.16. The van der Waals surface area contributed by atoms with Crippen LogP contribution in [-0.4, -0.2) is 14.2 Å². The lowest BCUT2D eigenvalue weighted by molar-refractivity contribution is 0.410. The maximum atomic E-state index is 14.0. The van der Waals surface area contributed by atoms with Crippen LogP contribution in [0.15, 0.2) is 36.4 Å². The first-order chi connectivity index (χ1) is 9.56. The van der Waals surface area contributed by atoms with Crippen LogP contribution in [0.2, 0.25) is 0 Å². The van der Waals surface area contributed by atoms with E-state index in [4.69, 9.17) is 15.2 Å². The summed E-state index contributed by atoms with van der Waals surface area (Å²) in [7, 11) is 3.12. The third kappa shape index (κ3) is 2.75. The third-order valence-corrected chi connectivity index (χ3v) is 3.32. The van der Waals surface area contributed by atoms with Crippen molar-refractivity contribution in [3.63, 3.8) is 0 Å². The minimum Gasteiger partial charge on any atom is -0.497 e. The summed E-state index contributed by atoms with van der Waals surface area (Å²) in [4.78, 5) is 0. The lowest BCUT2D eigenvalue weighted by atomic mass is 9.97. The number of hydrogen-bond donors (Lipinski definition) is 1. The van der Waals surface area contributed by atoms with Crippen molar-refractivity contribution in [1.29, 1.82) is 0 Å². The van der Waals surface area contributed by atoms with Crippen molar-refractivity contribution in [2.75, 3.05) is 14.2 Å². The topological polar surface area (TPSA) is 44.5 Å². The number of methoxy groups -OCH3 is 2. The van der Waals surface area contributed by atoms with Gasteiger partial charge in [-0.1, -0.05) is 18.2 Å². The quantitative estimate of drug-likeness (QED) is 0.932. The smallest absolute Gasteiger partial charge is 0.132 e. The number of hydrogen-bond acceptors (Lipinski definition) is 3. The van der Waals surface area contributed by atoms with Crippen molar-refractivity contribution >= 4 is 0 Å². The lowest BCUT2D eigenvalue weighted by Crippen LogP contribution is -2.14. The van der Waals surface area contributed by atoms with Gasteiger partial charge in [0.05, 0.1) is 20.3 Å². The van der Waals surface area contributed by atoms with E-state index in [2.05, 4.69) is 0 Å². The predicted molar refractivity (Wildman–Crippen MR) is 76.7 cm³/mol. The van der Waals surface area contributed by atoms with E-state index in [0.29, 0.717) is 11.3 Å². The van der Waals surface area contributed by atoms with Crippen LogP contribution in [0.4, 0.5) is 4.39 Å². The zero-order valence-electron chi connectivity index (χ0n) is 11.8. The number of benzene rings is 2. The van der Waals surface area contributed by atoms with Crippen molar-refractivity contribution < 1.29 is 13.9 Å². The molecule has 0 aliphatic heterocycles. The first-order valence-electron chi connectivity index (χ1n) is 6.30. The second-order valence-electron chi connectivity index (χ2n) is 4.59. The van der Waals surface area contributed by atoms with Gasteiger partial charge in [0.25, 0.3) is 0 Å². The van der Waals surface area contributed by atoms with Gasteiger partial charge in [-0.2, -0.15) is 0 Å². The molecule has 0 saturated carbocycles. The maximum absolute atomic E-state index is 14.0. The van der Waals surface area contributed by atoms with Crippen LogP contribution < -0.4 is 15.2 Å². The van der Waals surface area contributed by atoms with Crippen LogP contribution in [0, 0.1) is 12.7 Å². The van der Waals surface area contributed by atoms with E-state index in [1.165, 1.54) is 13.2 Å². The van der Waals surface area contributed by atoms with E-state index >= 15 is 0 Å². The first kappa shape index (κ1) is 14.3. The van der Waals surface area contributed by atoms with Crippen molar-refractivity contribution in [3.8, 4) is 11.5 Å². The molecule has 0 aliphatic rings. The van der Waals surface area contributed by atoms with Crippen molar-refractivity contribution in [3.05, 3.63) is 58.9 Å². The molecular formula is C16H18FNO2. The number of halogens is 1. The van der Waals surface area contributed by atoms with Gasteiger partial charge in [-0.3, -0.25) is 0 Å². The van der Waals surface area contributed by atoms with E-state index in [1.807, 2.05) is 25.1 Å². The average molecular weight is 275 g/mol. The molecule has 0 aliphatic carbocycles. The van der Waals surface area contributed by atoms with Crippen molar-refractivity contribution in [2.45, 2.75) is 13.0 Å². The van der Waals surface area contributed by atoms with E-state index < -0.39 is 6.04 Å². The highest BCUT2D eigenvalue weighted by atomic mass is 19.1. The van der Waals surface area contributed by atoms with Crippen LogP contribution in [-0.2, 0) is 0 Å². The maximum Gasteiger partial charge on any atom is 0.132 e. The summed E-state index contributed by atoms with van der Waals surface area (Å²) in [6.07, 6.45) is 0. The van der Waals surface area contributed by atoms with Gasteiger partial charge in [0.2, 0.25) is 0 Å². The Kier molecular flexibility index (Phi) is 4.25. The standard InChI is InChI=1S/C16H18FNO2/c1-10-8-11(4-7-15(10)20-3)16(18)13-6-5-12(19-2)9-14(13)17/h4-9,16H,18H2,1-3H3. The molecule has 0 bridgehead atoms. The van der Waals surface area contributed by atoms with Gasteiger partial charge < -0.3 is 15.2 Å². The fraction of sp³-hybridized carbons (Fsp3) is 0.250. The van der Waals surface area contributed by atoms with Gasteiger partial charge in [-0.25, -0.2) is 4.39 Å². The fourth-order valence-electron chi connectivity index (χ4n) is 2.16. The molecule has 0 saturated heterocycles. The highest BCUT2D eigenvalue weighted by Crippen LogP contribution is 2.28. The Morgan fingerprint density at radius 1 is 1.05 bits per heavy atom. The fourth-order valence-corrected chi connectivity index (χ4v) is 2.16. The molecule has 20 heavy (non-hydrogen) atoms. The molecule has 0 aromatic heterocycles. The van der Waals surface area contributed by atoms with Crippen LogP contribution in [0.1, 0.15) is 22.7 Å². The van der Waals surface area contributed by atoms with Gasteiger partial charge in [0.15, 0.2) is 0 Å². The summed E-state index contributed by atoms with van der Waals surface area (Å²) in [6, 6.07) is 9.77. The van der Waals surface area contributed by atoms with E-state index in [-0.39, 0.29) is 5.82 Å². The Morgan fingerprint density at radius 2 is 1.80 bits per heavy atom. The van der Waals surface area contributed by atoms with Gasteiger partial charge in [-0.15, -0.1) is 0 Å². The van der Waals surface area contributed by atoms with Gasteiger partial charge >= 0.3 is 0 Å². The molecule has 2 aromatic carbocycles. The highest BCUT2D eigenvalue weighted by Gasteiger charge is 2.15. The van der Waals surface area contributed by atoms with E-state index in [1.54, 1.807) is 19.2 Å². The Bertz CT molecular complexity index is 613. The minimum absolute atomic E-state index is 0.370. The molecular weight excluding hydrogens is 257 g/mol. The summed E-state index contributed by atoms with van der Waals surface area (Å²) in [5.41, 5.74) is 8.39. The van der Waals surface area contributed by atoms with Crippen molar-refractivity contribution in [1.82, 2.24) is 0 Å². The SMILES string of the molecule is COc1ccc(C(N)c2ccc(OC)c(C)c2)c(F)c1. The van der Waals surface area contributed by atoms with Crippen LogP contribution in [0.3, 0.4) is 0 Å². The minimum atomic E-state index is -0.523. The summed E-state index contributed by atoms with van der Waals surface area (Å²) in [5.74, 6) is 0.894. The Labute approximate surface area is 118 Å². The Balaban J connectivity index is 2.35. The van der Waals surface area contributed by atoms with Gasteiger partial charge in [-0.05, 0) is 30.2 Å². The monoisotopic (exact) mass is 275 g/mol. The summed E-state index contributed by atoms with van der Waals surface area (Å²) >= 11 is 0. The molecule has 1 unspecified atom stereocenters. The molecule has 3 nitrogen and oxygen atoms in total. The van der Waals surface area contributed by atoms with E-state index in [0.717, 1.165) is 16.9 Å². The highest BCUT2D eigenvalue weighted by molar-refractivity contribution is 5.42. The zero-order chi connectivity index (χ0) is 14.7. The second kappa shape index (κ2) is 5.92. The number of ether oxygens (including phenoxy) is 2. The Morgan fingerprint density at radius 3 is 2.35 bits per heavy atom. The molecule has 0 fully saturated rings. The second-order valence-corrected chi connectivity index (χ2v) is 4.59. The third-order valence-electron chi connectivity index (χ3n) is 3.32. The molecule has 0 radical (unpaired) electrons. The van der Waals surface area contributed by atoms with Gasteiger partial charge in [0, 0.05) is 11.6 Å². The molecule has 1 atom stereocenters. The molecule has 0 spiro atoms. The molecule has 4 heteroatoms. The van der Waals surface area contributed by atoms with E-state index in [9.17, 15) is 4.39 Å². The van der Waals surface area contributed by atoms with Crippen LogP contribution in [0.25, 0.3) is 0 Å². The predicted octanol–water partition coefficient (Wildman–Crippen LogP) is 3.20. The van der Waals surface area contributed by atoms with Crippen LogP contribution in [0.5, 0.6) is 11.5 Å². The molecule has 0 amide bonds. The molecule has 2 aromatic rings. The molecule has 0 heterocycles. The largest absolute Gasteiger partial charge is 0.497 e. The summed E-state index contributed by atoms with van der Waals surface area (Å²) in [5, 5.41) is 0. The Hall–Kier alpha value is -2.07. The number of aryl methyl sites for hydroxylation is 1. The summed E-state index contributed by atoms with van der Waals surface area (Å²) in [6.45, 7) is 1.93.